The first kappa shape index (κ1) is 9.41. The lowest BCUT2D eigenvalue weighted by Crippen LogP contribution is -2.30. The third-order valence-corrected chi connectivity index (χ3v) is 2.16. The second-order valence-corrected chi connectivity index (χ2v) is 3.06. The second-order valence-electron chi connectivity index (χ2n) is 1.71. The highest BCUT2D eigenvalue weighted by molar-refractivity contribution is 7.99. The molecule has 0 fully saturated rings. The molecule has 0 aromatic carbocycles. The van der Waals surface area contributed by atoms with Crippen molar-refractivity contribution in [3.05, 3.63) is 0 Å². The molecule has 2 nitrogen and oxygen atoms in total. The smallest absolute Gasteiger partial charge is 0.0912 e. The largest absolute Gasteiger partial charge is 0.307 e. The summed E-state index contributed by atoms with van der Waals surface area (Å²) in [4.78, 5) is 0. The van der Waals surface area contributed by atoms with Crippen LogP contribution in [0.1, 0.15) is 6.92 Å². The first-order chi connectivity index (χ1) is 4.22. The van der Waals surface area contributed by atoms with Crippen molar-refractivity contribution in [2.45, 2.75) is 12.3 Å². The zero-order chi connectivity index (χ0) is 7.28. The van der Waals surface area contributed by atoms with E-state index in [1.165, 1.54) is 0 Å². The summed E-state index contributed by atoms with van der Waals surface area (Å²) < 4.78 is 0. The minimum atomic E-state index is 0.197. The zero-order valence-corrected chi connectivity index (χ0v) is 7.74. The molecule has 0 spiro atoms. The van der Waals surface area contributed by atoms with Crippen molar-refractivity contribution in [2.24, 2.45) is 0 Å². The molecule has 2 unspecified atom stereocenters. The predicted octanol–water partition coefficient (Wildman–Crippen LogP) is 1.14. The van der Waals surface area contributed by atoms with E-state index in [4.69, 9.17) is 5.41 Å². The Balaban J connectivity index is 3.54. The van der Waals surface area contributed by atoms with Crippen molar-refractivity contribution >= 4 is 26.7 Å². The van der Waals surface area contributed by atoms with E-state index in [0.717, 1.165) is 6.29 Å². The van der Waals surface area contributed by atoms with Crippen molar-refractivity contribution in [3.63, 3.8) is 0 Å². The molecule has 0 bridgehead atoms. The van der Waals surface area contributed by atoms with Crippen LogP contribution < -0.4 is 5.32 Å². The summed E-state index contributed by atoms with van der Waals surface area (Å²) in [6, 6.07) is 0. The Kier molecular flexibility index (Phi) is 5.45. The van der Waals surface area contributed by atoms with Crippen LogP contribution in [0.3, 0.4) is 0 Å². The van der Waals surface area contributed by atoms with Crippen LogP contribution >= 0.6 is 21.0 Å². The standard InChI is InChI=1S/C5H13N2PS/c1-4(6)5(9-2)7-3-8/h5-7H,3,8H2,1-2H3. The molecule has 4 heteroatoms. The van der Waals surface area contributed by atoms with Crippen molar-refractivity contribution in [2.75, 3.05) is 12.5 Å². The second kappa shape index (κ2) is 5.21. The molecule has 0 amide bonds. The maximum absolute atomic E-state index is 7.26. The molecule has 0 aromatic heterocycles. The van der Waals surface area contributed by atoms with Crippen molar-refractivity contribution in [3.8, 4) is 0 Å². The van der Waals surface area contributed by atoms with E-state index >= 15 is 0 Å². The normalized spacial score (nSPS) is 13.2. The van der Waals surface area contributed by atoms with Crippen molar-refractivity contribution in [1.82, 2.24) is 5.32 Å². The number of hydrogen-bond donors (Lipinski definition) is 2. The first-order valence-corrected chi connectivity index (χ1v) is 4.84. The quantitative estimate of drug-likeness (QED) is 0.371. The molecule has 0 saturated carbocycles. The molecule has 2 atom stereocenters. The van der Waals surface area contributed by atoms with E-state index in [9.17, 15) is 0 Å². The fourth-order valence-electron chi connectivity index (χ4n) is 0.520. The van der Waals surface area contributed by atoms with Gasteiger partial charge in [-0.3, -0.25) is 5.32 Å². The summed E-state index contributed by atoms with van der Waals surface area (Å²) in [5, 5.41) is 10.6. The van der Waals surface area contributed by atoms with E-state index in [1.807, 2.05) is 13.2 Å². The topological polar surface area (TPSA) is 35.9 Å². The van der Waals surface area contributed by atoms with E-state index < -0.39 is 0 Å². The Morgan fingerprint density at radius 2 is 2.44 bits per heavy atom. The van der Waals surface area contributed by atoms with Crippen molar-refractivity contribution < 1.29 is 0 Å². The number of thioether (sulfide) groups is 1. The van der Waals surface area contributed by atoms with Gasteiger partial charge in [-0.25, -0.2) is 0 Å². The van der Waals surface area contributed by atoms with Gasteiger partial charge in [-0.15, -0.1) is 21.0 Å². The highest BCUT2D eigenvalue weighted by Crippen LogP contribution is 2.03. The lowest BCUT2D eigenvalue weighted by atomic mass is 10.4. The van der Waals surface area contributed by atoms with E-state index in [-0.39, 0.29) is 5.37 Å². The Labute approximate surface area is 62.9 Å². The molecular weight excluding hydrogens is 151 g/mol. The van der Waals surface area contributed by atoms with Gasteiger partial charge in [0.15, 0.2) is 0 Å². The molecule has 0 aliphatic heterocycles. The van der Waals surface area contributed by atoms with Crippen molar-refractivity contribution in [1.29, 1.82) is 5.41 Å². The van der Waals surface area contributed by atoms with Gasteiger partial charge in [0.2, 0.25) is 0 Å². The Morgan fingerprint density at radius 1 is 1.89 bits per heavy atom. The van der Waals surface area contributed by atoms with Gasteiger partial charge in [0.05, 0.1) is 5.37 Å². The summed E-state index contributed by atoms with van der Waals surface area (Å²) in [7, 11) is 2.58. The maximum Gasteiger partial charge on any atom is 0.0912 e. The van der Waals surface area contributed by atoms with E-state index in [2.05, 4.69) is 14.6 Å². The van der Waals surface area contributed by atoms with Gasteiger partial charge in [0.1, 0.15) is 0 Å². The molecule has 0 radical (unpaired) electrons. The molecule has 0 aliphatic carbocycles. The lowest BCUT2D eigenvalue weighted by molar-refractivity contribution is 0.864. The van der Waals surface area contributed by atoms with Crippen LogP contribution in [0.2, 0.25) is 0 Å². The maximum atomic E-state index is 7.26. The Bertz CT molecular complexity index is 97.0. The molecule has 0 aliphatic rings. The number of hydrogen-bond acceptors (Lipinski definition) is 3. The first-order valence-electron chi connectivity index (χ1n) is 2.73. The van der Waals surface area contributed by atoms with Crippen LogP contribution in [0.15, 0.2) is 0 Å². The van der Waals surface area contributed by atoms with Crippen LogP contribution in [0.25, 0.3) is 0 Å². The predicted molar refractivity (Wildman–Crippen MR) is 48.4 cm³/mol. The monoisotopic (exact) mass is 164 g/mol. The van der Waals surface area contributed by atoms with Gasteiger partial charge in [-0.2, -0.15) is 0 Å². The zero-order valence-electron chi connectivity index (χ0n) is 5.77. The minimum absolute atomic E-state index is 0.197. The van der Waals surface area contributed by atoms with Gasteiger partial charge in [0.25, 0.3) is 0 Å². The van der Waals surface area contributed by atoms with Gasteiger partial charge >= 0.3 is 0 Å². The number of nitrogens with one attached hydrogen (secondary N) is 2. The number of rotatable bonds is 4. The SMILES string of the molecule is CSC(NCP)C(C)=N. The van der Waals surface area contributed by atoms with Crippen LogP contribution in [0.5, 0.6) is 0 Å². The summed E-state index contributed by atoms with van der Waals surface area (Å²) in [5.74, 6) is 0. The Hall–Kier alpha value is 0.410. The molecular formula is C5H13N2PS. The van der Waals surface area contributed by atoms with Gasteiger partial charge in [-0.05, 0) is 13.2 Å². The highest BCUT2D eigenvalue weighted by atomic mass is 32.2. The fourth-order valence-corrected chi connectivity index (χ4v) is 1.54. The summed E-state index contributed by atoms with van der Waals surface area (Å²) in [5.41, 5.74) is 0.685. The van der Waals surface area contributed by atoms with Gasteiger partial charge in [-0.1, -0.05) is 0 Å². The summed E-state index contributed by atoms with van der Waals surface area (Å²) in [6.45, 7) is 1.81. The average Bonchev–Trinajstić information content (AvgIpc) is 1.82. The molecule has 0 saturated heterocycles. The molecule has 54 valence electrons. The van der Waals surface area contributed by atoms with Gasteiger partial charge < -0.3 is 5.41 Å². The molecule has 0 aromatic rings. The Morgan fingerprint density at radius 3 is 2.56 bits per heavy atom. The molecule has 9 heavy (non-hydrogen) atoms. The molecule has 2 N–H and O–H groups in total. The highest BCUT2D eigenvalue weighted by Gasteiger charge is 2.04. The average molecular weight is 164 g/mol. The van der Waals surface area contributed by atoms with Crippen LogP contribution in [-0.2, 0) is 0 Å². The minimum Gasteiger partial charge on any atom is -0.307 e. The summed E-state index contributed by atoms with van der Waals surface area (Å²) >= 11 is 1.65. The fraction of sp³-hybridized carbons (Fsp3) is 0.800. The van der Waals surface area contributed by atoms with Crippen LogP contribution in [0, 0.1) is 5.41 Å². The van der Waals surface area contributed by atoms with Crippen LogP contribution in [0.4, 0.5) is 0 Å². The molecule has 0 rings (SSSR count). The summed E-state index contributed by atoms with van der Waals surface area (Å²) in [6.07, 6.45) is 2.84. The third kappa shape index (κ3) is 3.90. The van der Waals surface area contributed by atoms with Crippen LogP contribution in [-0.4, -0.2) is 23.6 Å². The van der Waals surface area contributed by atoms with E-state index in [0.29, 0.717) is 5.71 Å². The lowest BCUT2D eigenvalue weighted by Gasteiger charge is -2.12. The van der Waals surface area contributed by atoms with E-state index in [1.54, 1.807) is 11.8 Å². The molecule has 0 heterocycles. The third-order valence-electron chi connectivity index (χ3n) is 0.932. The van der Waals surface area contributed by atoms with Gasteiger partial charge in [0, 0.05) is 12.0 Å².